The van der Waals surface area contributed by atoms with Gasteiger partial charge in [-0.15, -0.1) is 0 Å². The van der Waals surface area contributed by atoms with Gasteiger partial charge in [0.15, 0.2) is 0 Å². The zero-order valence-electron chi connectivity index (χ0n) is 11.7. The van der Waals surface area contributed by atoms with Crippen LogP contribution in [0.25, 0.3) is 0 Å². The smallest absolute Gasteiger partial charge is 0.292 e. The number of nitrogens with two attached hydrogens (primary N) is 1. The molecule has 2 aromatic carbocycles. The fourth-order valence-electron chi connectivity index (χ4n) is 1.94. The summed E-state index contributed by atoms with van der Waals surface area (Å²) in [7, 11) is 0. The Hall–Kier alpha value is -2.89. The van der Waals surface area contributed by atoms with Gasteiger partial charge in [0.1, 0.15) is 5.69 Å². The number of nitro benzene ring substituents is 1. The van der Waals surface area contributed by atoms with E-state index in [0.29, 0.717) is 5.69 Å². The number of nitrogens with zero attached hydrogens (tertiary/aromatic N) is 1. The summed E-state index contributed by atoms with van der Waals surface area (Å²) in [5, 5.41) is 13.5. The molecule has 0 aliphatic rings. The molecule has 3 N–H and O–H groups in total. The average Bonchev–Trinajstić information content (AvgIpc) is 2.43. The van der Waals surface area contributed by atoms with Crippen molar-refractivity contribution < 1.29 is 9.72 Å². The number of rotatable bonds is 3. The third kappa shape index (κ3) is 3.00. The number of carbonyl (C=O) groups excluding carboxylic acids is 1. The number of anilines is 2. The third-order valence-corrected chi connectivity index (χ3v) is 3.34. The van der Waals surface area contributed by atoms with Gasteiger partial charge in [0.05, 0.1) is 4.92 Å². The molecule has 2 rings (SSSR count). The molecule has 0 heterocycles. The second-order valence-electron chi connectivity index (χ2n) is 4.73. The van der Waals surface area contributed by atoms with Gasteiger partial charge < -0.3 is 11.1 Å². The topological polar surface area (TPSA) is 98.3 Å². The van der Waals surface area contributed by atoms with E-state index in [4.69, 9.17) is 5.73 Å². The van der Waals surface area contributed by atoms with Gasteiger partial charge in [-0.1, -0.05) is 12.1 Å². The molecule has 0 spiro atoms. The van der Waals surface area contributed by atoms with Crippen LogP contribution in [0.4, 0.5) is 17.1 Å². The fraction of sp³-hybridized carbons (Fsp3) is 0.133. The number of hydrogen-bond acceptors (Lipinski definition) is 4. The van der Waals surface area contributed by atoms with E-state index in [9.17, 15) is 14.9 Å². The van der Waals surface area contributed by atoms with Gasteiger partial charge in [-0.3, -0.25) is 14.9 Å². The summed E-state index contributed by atoms with van der Waals surface area (Å²) < 4.78 is 0. The Bertz CT molecular complexity index is 726. The molecule has 6 heteroatoms. The SMILES string of the molecule is Cc1cccc(NC(=O)c2ccc([N+](=O)[O-])c(N)c2)c1C. The van der Waals surface area contributed by atoms with Gasteiger partial charge in [-0.2, -0.15) is 0 Å². The Balaban J connectivity index is 2.27. The van der Waals surface area contributed by atoms with Crippen molar-refractivity contribution in [2.45, 2.75) is 13.8 Å². The third-order valence-electron chi connectivity index (χ3n) is 3.34. The molecule has 0 bridgehead atoms. The maximum absolute atomic E-state index is 12.2. The summed E-state index contributed by atoms with van der Waals surface area (Å²) >= 11 is 0. The highest BCUT2D eigenvalue weighted by molar-refractivity contribution is 6.05. The Morgan fingerprint density at radius 2 is 1.95 bits per heavy atom. The highest BCUT2D eigenvalue weighted by Gasteiger charge is 2.15. The van der Waals surface area contributed by atoms with E-state index in [1.54, 1.807) is 6.07 Å². The van der Waals surface area contributed by atoms with Gasteiger partial charge in [0, 0.05) is 17.3 Å². The van der Waals surface area contributed by atoms with Crippen molar-refractivity contribution in [3.8, 4) is 0 Å². The molecule has 0 aromatic heterocycles. The number of benzene rings is 2. The molecule has 0 aliphatic heterocycles. The summed E-state index contributed by atoms with van der Waals surface area (Å²) in [4.78, 5) is 22.3. The Kier molecular flexibility index (Phi) is 3.89. The molecule has 0 saturated carbocycles. The van der Waals surface area contributed by atoms with Gasteiger partial charge in [0.25, 0.3) is 11.6 Å². The van der Waals surface area contributed by atoms with Crippen molar-refractivity contribution in [3.63, 3.8) is 0 Å². The number of nitrogens with one attached hydrogen (secondary N) is 1. The van der Waals surface area contributed by atoms with Crippen molar-refractivity contribution in [1.29, 1.82) is 0 Å². The van der Waals surface area contributed by atoms with E-state index in [2.05, 4.69) is 5.32 Å². The molecule has 2 aromatic rings. The second kappa shape index (κ2) is 5.62. The first kappa shape index (κ1) is 14.5. The molecule has 6 nitrogen and oxygen atoms in total. The van der Waals surface area contributed by atoms with Crippen LogP contribution in [0, 0.1) is 24.0 Å². The number of hydrogen-bond donors (Lipinski definition) is 2. The first-order chi connectivity index (χ1) is 9.90. The van der Waals surface area contributed by atoms with Crippen LogP contribution in [0.2, 0.25) is 0 Å². The minimum Gasteiger partial charge on any atom is -0.393 e. The maximum atomic E-state index is 12.2. The molecule has 0 radical (unpaired) electrons. The quantitative estimate of drug-likeness (QED) is 0.514. The summed E-state index contributed by atoms with van der Waals surface area (Å²) in [6.07, 6.45) is 0. The van der Waals surface area contributed by atoms with E-state index in [-0.39, 0.29) is 22.8 Å². The normalized spacial score (nSPS) is 10.2. The predicted octanol–water partition coefficient (Wildman–Crippen LogP) is 3.05. The van der Waals surface area contributed by atoms with Crippen molar-refractivity contribution in [1.82, 2.24) is 0 Å². The zero-order valence-corrected chi connectivity index (χ0v) is 11.7. The van der Waals surface area contributed by atoms with Crippen LogP contribution in [0.5, 0.6) is 0 Å². The predicted molar refractivity (Wildman–Crippen MR) is 81.4 cm³/mol. The van der Waals surface area contributed by atoms with Crippen molar-refractivity contribution in [2.75, 3.05) is 11.1 Å². The molecule has 108 valence electrons. The summed E-state index contributed by atoms with van der Waals surface area (Å²) in [6.45, 7) is 3.87. The number of aryl methyl sites for hydroxylation is 1. The molecular formula is C15H15N3O3. The highest BCUT2D eigenvalue weighted by Crippen LogP contribution is 2.23. The molecule has 21 heavy (non-hydrogen) atoms. The minimum atomic E-state index is -0.582. The van der Waals surface area contributed by atoms with E-state index in [1.165, 1.54) is 18.2 Å². The molecule has 0 saturated heterocycles. The zero-order chi connectivity index (χ0) is 15.6. The van der Waals surface area contributed by atoms with Crippen LogP contribution < -0.4 is 11.1 Å². The lowest BCUT2D eigenvalue weighted by Gasteiger charge is -2.10. The first-order valence-electron chi connectivity index (χ1n) is 6.31. The maximum Gasteiger partial charge on any atom is 0.292 e. The number of nitrogen functional groups attached to an aromatic ring is 1. The average molecular weight is 285 g/mol. The number of amides is 1. The van der Waals surface area contributed by atoms with Gasteiger partial charge >= 0.3 is 0 Å². The number of carbonyl (C=O) groups is 1. The largest absolute Gasteiger partial charge is 0.393 e. The van der Waals surface area contributed by atoms with Crippen LogP contribution in [0.15, 0.2) is 36.4 Å². The molecule has 0 unspecified atom stereocenters. The van der Waals surface area contributed by atoms with Crippen molar-refractivity contribution in [2.24, 2.45) is 0 Å². The van der Waals surface area contributed by atoms with Crippen LogP contribution in [-0.2, 0) is 0 Å². The van der Waals surface area contributed by atoms with Gasteiger partial charge in [-0.25, -0.2) is 0 Å². The minimum absolute atomic E-state index is 0.0337. The lowest BCUT2D eigenvalue weighted by atomic mass is 10.1. The lowest BCUT2D eigenvalue weighted by Crippen LogP contribution is -2.13. The summed E-state index contributed by atoms with van der Waals surface area (Å²) in [6, 6.07) is 9.52. The Labute approximate surface area is 121 Å². The first-order valence-corrected chi connectivity index (χ1v) is 6.31. The Morgan fingerprint density at radius 3 is 2.57 bits per heavy atom. The molecular weight excluding hydrogens is 270 g/mol. The van der Waals surface area contributed by atoms with Crippen LogP contribution in [0.1, 0.15) is 21.5 Å². The molecule has 0 aliphatic carbocycles. The van der Waals surface area contributed by atoms with Gasteiger partial charge in [0.2, 0.25) is 0 Å². The van der Waals surface area contributed by atoms with E-state index >= 15 is 0 Å². The Morgan fingerprint density at radius 1 is 1.24 bits per heavy atom. The molecule has 1 amide bonds. The number of nitro groups is 1. The summed E-state index contributed by atoms with van der Waals surface area (Å²) in [5.41, 5.74) is 8.36. The fourth-order valence-corrected chi connectivity index (χ4v) is 1.94. The standard InChI is InChI=1S/C15H15N3O3/c1-9-4-3-5-13(10(9)2)17-15(19)11-6-7-14(18(20)21)12(16)8-11/h3-8H,16H2,1-2H3,(H,17,19). The van der Waals surface area contributed by atoms with Crippen molar-refractivity contribution in [3.05, 3.63) is 63.2 Å². The van der Waals surface area contributed by atoms with Crippen LogP contribution >= 0.6 is 0 Å². The van der Waals surface area contributed by atoms with E-state index in [1.807, 2.05) is 26.0 Å². The van der Waals surface area contributed by atoms with Crippen LogP contribution in [-0.4, -0.2) is 10.8 Å². The summed E-state index contributed by atoms with van der Waals surface area (Å²) in [5.74, 6) is -0.356. The van der Waals surface area contributed by atoms with Crippen molar-refractivity contribution >= 4 is 23.0 Å². The second-order valence-corrected chi connectivity index (χ2v) is 4.73. The van der Waals surface area contributed by atoms with E-state index in [0.717, 1.165) is 11.1 Å². The van der Waals surface area contributed by atoms with E-state index < -0.39 is 4.92 Å². The lowest BCUT2D eigenvalue weighted by molar-refractivity contribution is -0.383. The monoisotopic (exact) mass is 285 g/mol. The molecule has 0 fully saturated rings. The highest BCUT2D eigenvalue weighted by atomic mass is 16.6. The van der Waals surface area contributed by atoms with Crippen LogP contribution in [0.3, 0.4) is 0 Å². The van der Waals surface area contributed by atoms with Gasteiger partial charge in [-0.05, 0) is 43.2 Å². The molecule has 0 atom stereocenters.